The molecule has 1 heterocycles. The van der Waals surface area contributed by atoms with Gasteiger partial charge < -0.3 is 16.8 Å². The van der Waals surface area contributed by atoms with E-state index < -0.39 is 5.91 Å². The normalized spacial score (nSPS) is 12.1. The molecule has 0 saturated heterocycles. The molecule has 0 aliphatic heterocycles. The van der Waals surface area contributed by atoms with Gasteiger partial charge in [-0.15, -0.1) is 11.3 Å². The van der Waals surface area contributed by atoms with Gasteiger partial charge in [-0.25, -0.2) is 0 Å². The first kappa shape index (κ1) is 13.7. The summed E-state index contributed by atoms with van der Waals surface area (Å²) in [5.41, 5.74) is 12.7. The van der Waals surface area contributed by atoms with Gasteiger partial charge in [-0.1, -0.05) is 17.7 Å². The topological polar surface area (TPSA) is 81.1 Å². The molecular weight excluding hydrogens is 282 g/mol. The van der Waals surface area contributed by atoms with Crippen molar-refractivity contribution in [2.24, 2.45) is 5.73 Å². The largest absolute Gasteiger partial charge is 0.397 e. The lowest BCUT2D eigenvalue weighted by atomic mass is 10.1. The van der Waals surface area contributed by atoms with Gasteiger partial charge in [-0.2, -0.15) is 0 Å². The maximum Gasteiger partial charge on any atom is 0.250 e. The molecule has 0 aliphatic carbocycles. The van der Waals surface area contributed by atoms with E-state index in [0.29, 0.717) is 16.9 Å². The number of nitrogens with two attached hydrogens (primary N) is 2. The fraction of sp³-hybridized carbons (Fsp3) is 0.154. The highest BCUT2D eigenvalue weighted by atomic mass is 35.5. The maximum atomic E-state index is 11.4. The van der Waals surface area contributed by atoms with Crippen molar-refractivity contribution in [1.29, 1.82) is 0 Å². The van der Waals surface area contributed by atoms with E-state index in [2.05, 4.69) is 5.32 Å². The van der Waals surface area contributed by atoms with Crippen LogP contribution in [-0.2, 0) is 0 Å². The molecular formula is C13H14ClN3OS. The number of nitrogens with one attached hydrogen (secondary N) is 1. The van der Waals surface area contributed by atoms with E-state index in [4.69, 9.17) is 23.1 Å². The Morgan fingerprint density at radius 1 is 1.37 bits per heavy atom. The second-order valence-corrected chi connectivity index (χ2v) is 5.89. The van der Waals surface area contributed by atoms with Gasteiger partial charge >= 0.3 is 0 Å². The van der Waals surface area contributed by atoms with Crippen LogP contribution in [0.5, 0.6) is 0 Å². The van der Waals surface area contributed by atoms with Crippen LogP contribution in [0, 0.1) is 0 Å². The van der Waals surface area contributed by atoms with Gasteiger partial charge in [0.2, 0.25) is 0 Å². The predicted molar refractivity (Wildman–Crippen MR) is 80.7 cm³/mol. The third-order valence-electron chi connectivity index (χ3n) is 2.74. The summed E-state index contributed by atoms with van der Waals surface area (Å²) in [5, 5.41) is 3.22. The lowest BCUT2D eigenvalue weighted by Gasteiger charge is -2.17. The standard InChI is InChI=1S/C13H14ClN3OS/c1-7(10-5-6-11(14)19-10)17-12-8(13(16)18)3-2-4-9(12)15/h2-7,17H,15H2,1H3,(H2,16,18). The van der Waals surface area contributed by atoms with Gasteiger partial charge in [0.1, 0.15) is 0 Å². The van der Waals surface area contributed by atoms with E-state index in [9.17, 15) is 4.79 Å². The van der Waals surface area contributed by atoms with Crippen molar-refractivity contribution in [1.82, 2.24) is 0 Å². The molecule has 0 saturated carbocycles. The van der Waals surface area contributed by atoms with Crippen LogP contribution in [0.4, 0.5) is 11.4 Å². The molecule has 0 radical (unpaired) electrons. The second-order valence-electron chi connectivity index (χ2n) is 4.14. The van der Waals surface area contributed by atoms with E-state index in [0.717, 1.165) is 9.21 Å². The lowest BCUT2D eigenvalue weighted by Crippen LogP contribution is -2.17. The molecule has 4 nitrogen and oxygen atoms in total. The fourth-order valence-corrected chi connectivity index (χ4v) is 2.85. The van der Waals surface area contributed by atoms with Crippen LogP contribution in [0.25, 0.3) is 0 Å². The zero-order valence-electron chi connectivity index (χ0n) is 10.3. The Morgan fingerprint density at radius 2 is 2.11 bits per heavy atom. The van der Waals surface area contributed by atoms with E-state index in [-0.39, 0.29) is 6.04 Å². The zero-order chi connectivity index (χ0) is 14.0. The first-order valence-electron chi connectivity index (χ1n) is 5.69. The third-order valence-corrected chi connectivity index (χ3v) is 4.16. The third kappa shape index (κ3) is 3.00. The number of rotatable bonds is 4. The lowest BCUT2D eigenvalue weighted by molar-refractivity contribution is 0.100. The smallest absolute Gasteiger partial charge is 0.250 e. The van der Waals surface area contributed by atoms with Gasteiger partial charge in [0.15, 0.2) is 0 Å². The average Bonchev–Trinajstić information content (AvgIpc) is 2.78. The molecule has 1 atom stereocenters. The highest BCUT2D eigenvalue weighted by molar-refractivity contribution is 7.16. The molecule has 1 unspecified atom stereocenters. The Morgan fingerprint density at radius 3 is 2.68 bits per heavy atom. The molecule has 0 spiro atoms. The summed E-state index contributed by atoms with van der Waals surface area (Å²) in [5.74, 6) is -0.508. The number of primary amides is 1. The summed E-state index contributed by atoms with van der Waals surface area (Å²) in [4.78, 5) is 12.5. The number of amides is 1. The minimum atomic E-state index is -0.508. The van der Waals surface area contributed by atoms with Crippen molar-refractivity contribution >= 4 is 40.2 Å². The van der Waals surface area contributed by atoms with Crippen LogP contribution >= 0.6 is 22.9 Å². The Labute approximate surface area is 120 Å². The molecule has 6 heteroatoms. The molecule has 1 aromatic heterocycles. The van der Waals surface area contributed by atoms with Crippen molar-refractivity contribution in [2.45, 2.75) is 13.0 Å². The van der Waals surface area contributed by atoms with Gasteiger partial charge in [0, 0.05) is 4.88 Å². The van der Waals surface area contributed by atoms with Crippen molar-refractivity contribution in [3.8, 4) is 0 Å². The number of thiophene rings is 1. The monoisotopic (exact) mass is 295 g/mol. The Bertz CT molecular complexity index is 612. The van der Waals surface area contributed by atoms with Gasteiger partial charge in [0.25, 0.3) is 5.91 Å². The number of carbonyl (C=O) groups is 1. The minimum Gasteiger partial charge on any atom is -0.397 e. The van der Waals surface area contributed by atoms with Crippen molar-refractivity contribution in [3.05, 3.63) is 45.1 Å². The van der Waals surface area contributed by atoms with Crippen LogP contribution in [-0.4, -0.2) is 5.91 Å². The Balaban J connectivity index is 2.30. The molecule has 0 bridgehead atoms. The van der Waals surface area contributed by atoms with Gasteiger partial charge in [0.05, 0.1) is 27.3 Å². The summed E-state index contributed by atoms with van der Waals surface area (Å²) in [7, 11) is 0. The summed E-state index contributed by atoms with van der Waals surface area (Å²) in [6.07, 6.45) is 0. The molecule has 2 aromatic rings. The van der Waals surface area contributed by atoms with Crippen LogP contribution in [0.2, 0.25) is 4.34 Å². The number of halogens is 1. The minimum absolute atomic E-state index is 0.0136. The van der Waals surface area contributed by atoms with E-state index in [1.165, 1.54) is 11.3 Å². The summed E-state index contributed by atoms with van der Waals surface area (Å²) in [6.45, 7) is 1.97. The number of para-hydroxylation sites is 1. The molecule has 1 amide bonds. The Kier molecular flexibility index (Phi) is 3.97. The first-order chi connectivity index (χ1) is 8.99. The summed E-state index contributed by atoms with van der Waals surface area (Å²) >= 11 is 7.39. The molecule has 100 valence electrons. The SMILES string of the molecule is CC(Nc1c(N)cccc1C(N)=O)c1ccc(Cl)s1. The van der Waals surface area contributed by atoms with Gasteiger partial charge in [-0.3, -0.25) is 4.79 Å². The first-order valence-corrected chi connectivity index (χ1v) is 6.88. The van der Waals surface area contributed by atoms with Gasteiger partial charge in [-0.05, 0) is 31.2 Å². The van der Waals surface area contributed by atoms with Crippen molar-refractivity contribution in [2.75, 3.05) is 11.1 Å². The van der Waals surface area contributed by atoms with Crippen LogP contribution in [0.15, 0.2) is 30.3 Å². The highest BCUT2D eigenvalue weighted by Gasteiger charge is 2.15. The molecule has 1 aromatic carbocycles. The van der Waals surface area contributed by atoms with E-state index in [1.54, 1.807) is 18.2 Å². The van der Waals surface area contributed by atoms with E-state index >= 15 is 0 Å². The number of carbonyl (C=O) groups excluding carboxylic acids is 1. The highest BCUT2D eigenvalue weighted by Crippen LogP contribution is 2.32. The van der Waals surface area contributed by atoms with E-state index in [1.807, 2.05) is 19.1 Å². The summed E-state index contributed by atoms with van der Waals surface area (Å²) in [6, 6.07) is 8.84. The van der Waals surface area contributed by atoms with Crippen LogP contribution < -0.4 is 16.8 Å². The second kappa shape index (κ2) is 5.50. The van der Waals surface area contributed by atoms with Crippen LogP contribution in [0.3, 0.4) is 0 Å². The summed E-state index contributed by atoms with van der Waals surface area (Å²) < 4.78 is 0.722. The molecule has 5 N–H and O–H groups in total. The zero-order valence-corrected chi connectivity index (χ0v) is 11.9. The molecule has 2 rings (SSSR count). The quantitative estimate of drug-likeness (QED) is 0.757. The van der Waals surface area contributed by atoms with Crippen molar-refractivity contribution < 1.29 is 4.79 Å². The van der Waals surface area contributed by atoms with Crippen molar-refractivity contribution in [3.63, 3.8) is 0 Å². The number of benzene rings is 1. The maximum absolute atomic E-state index is 11.4. The fourth-order valence-electron chi connectivity index (χ4n) is 1.79. The molecule has 0 aliphatic rings. The number of hydrogen-bond acceptors (Lipinski definition) is 4. The Hall–Kier alpha value is -1.72. The van der Waals surface area contributed by atoms with Crippen LogP contribution in [0.1, 0.15) is 28.2 Å². The average molecular weight is 296 g/mol. The molecule has 0 fully saturated rings. The molecule has 19 heavy (non-hydrogen) atoms. The number of anilines is 2. The number of nitrogen functional groups attached to an aromatic ring is 1. The number of hydrogen-bond donors (Lipinski definition) is 3. The predicted octanol–water partition coefficient (Wildman–Crippen LogP) is 3.26.